The molecule has 0 aromatic heterocycles. The smallest absolute Gasteiger partial charge is 0.387 e. The van der Waals surface area contributed by atoms with E-state index in [9.17, 15) is 19.4 Å². The number of likely N-dealkylation sites (N-methyl/N-ethyl adjacent to an activating group) is 1. The van der Waals surface area contributed by atoms with Crippen LogP contribution in [-0.2, 0) is 18.4 Å². The molecule has 0 aliphatic rings. The van der Waals surface area contributed by atoms with Gasteiger partial charge < -0.3 is 19.8 Å². The molecular weight excluding hydrogens is 683 g/mol. The highest BCUT2D eigenvalue weighted by Crippen LogP contribution is 2.43. The molecule has 0 bridgehead atoms. The molecule has 1 amide bonds. The van der Waals surface area contributed by atoms with Crippen molar-refractivity contribution in [3.63, 3.8) is 0 Å². The number of rotatable bonds is 36. The standard InChI is InChI=1S/C44H79N2O6P/c1-6-8-10-12-14-16-18-19-20-21-22-23-24-25-26-27-28-30-32-34-36-38-44(48)45-42(41-52-53(49,50)51-40-39-46(3,4)5)43(47)37-35-33-31-29-17-15-13-11-9-7-2/h17,20-21,23-24,26-27,29-30,32,35,37,42-43,47H,6-16,18-19,22,25,28,31,33-34,36,38-41H2,1-5H3,(H-,45,48,49,50)/p+1/b21-20+,24-23+,27-26+,29-17+,32-30+,37-35+/t42-,43+/m0/s1. The number of aliphatic hydroxyl groups excluding tert-OH is 1. The molecule has 0 heterocycles. The van der Waals surface area contributed by atoms with Crippen LogP contribution in [0.4, 0.5) is 0 Å². The molecule has 0 aromatic carbocycles. The van der Waals surface area contributed by atoms with Gasteiger partial charge in [0.1, 0.15) is 13.2 Å². The summed E-state index contributed by atoms with van der Waals surface area (Å²) in [7, 11) is 1.50. The van der Waals surface area contributed by atoms with Crippen LogP contribution in [0.2, 0.25) is 0 Å². The normalized spacial score (nSPS) is 15.2. The number of carbonyl (C=O) groups excluding carboxylic acids is 1. The van der Waals surface area contributed by atoms with Crippen molar-refractivity contribution < 1.29 is 32.9 Å². The van der Waals surface area contributed by atoms with Gasteiger partial charge in [-0.1, -0.05) is 145 Å². The largest absolute Gasteiger partial charge is 0.472 e. The molecule has 306 valence electrons. The van der Waals surface area contributed by atoms with Crippen molar-refractivity contribution in [3.8, 4) is 0 Å². The van der Waals surface area contributed by atoms with Gasteiger partial charge in [0, 0.05) is 6.42 Å². The lowest BCUT2D eigenvalue weighted by molar-refractivity contribution is -0.870. The first-order valence-corrected chi connectivity index (χ1v) is 22.3. The number of quaternary nitrogens is 1. The van der Waals surface area contributed by atoms with Crippen molar-refractivity contribution >= 4 is 13.7 Å². The van der Waals surface area contributed by atoms with Crippen molar-refractivity contribution in [2.24, 2.45) is 0 Å². The molecule has 0 spiro atoms. The number of carbonyl (C=O) groups is 1. The highest BCUT2D eigenvalue weighted by atomic mass is 31.2. The van der Waals surface area contributed by atoms with E-state index in [0.717, 1.165) is 44.9 Å². The van der Waals surface area contributed by atoms with Gasteiger partial charge in [0.2, 0.25) is 5.91 Å². The summed E-state index contributed by atoms with van der Waals surface area (Å²) >= 11 is 0. The number of amides is 1. The summed E-state index contributed by atoms with van der Waals surface area (Å²) in [5.74, 6) is -0.247. The van der Waals surface area contributed by atoms with Crippen LogP contribution < -0.4 is 5.32 Å². The summed E-state index contributed by atoms with van der Waals surface area (Å²) in [6.07, 6.45) is 47.0. The van der Waals surface area contributed by atoms with Crippen LogP contribution in [-0.4, -0.2) is 73.4 Å². The number of aliphatic hydroxyl groups is 1. The fraction of sp³-hybridized carbons (Fsp3) is 0.705. The van der Waals surface area contributed by atoms with Crippen molar-refractivity contribution in [2.75, 3.05) is 40.9 Å². The first-order valence-electron chi connectivity index (χ1n) is 20.8. The maximum absolute atomic E-state index is 12.8. The molecule has 8 nitrogen and oxygen atoms in total. The second-order valence-electron chi connectivity index (χ2n) is 15.0. The third-order valence-electron chi connectivity index (χ3n) is 8.65. The lowest BCUT2D eigenvalue weighted by Gasteiger charge is -2.25. The number of hydrogen-bond donors (Lipinski definition) is 3. The fourth-order valence-electron chi connectivity index (χ4n) is 5.28. The minimum Gasteiger partial charge on any atom is -0.387 e. The lowest BCUT2D eigenvalue weighted by Crippen LogP contribution is -2.45. The van der Waals surface area contributed by atoms with Crippen LogP contribution in [0.3, 0.4) is 0 Å². The van der Waals surface area contributed by atoms with Crippen LogP contribution in [0, 0.1) is 0 Å². The summed E-state index contributed by atoms with van der Waals surface area (Å²) in [6.45, 7) is 4.68. The number of nitrogens with zero attached hydrogens (tertiary/aromatic N) is 1. The highest BCUT2D eigenvalue weighted by Gasteiger charge is 2.27. The van der Waals surface area contributed by atoms with E-state index in [-0.39, 0.29) is 25.5 Å². The Bertz CT molecular complexity index is 1090. The molecule has 0 rings (SSSR count). The van der Waals surface area contributed by atoms with E-state index < -0.39 is 20.0 Å². The third kappa shape index (κ3) is 38.0. The summed E-state index contributed by atoms with van der Waals surface area (Å²) in [6, 6.07) is -0.893. The van der Waals surface area contributed by atoms with Gasteiger partial charge in [-0.3, -0.25) is 13.8 Å². The summed E-state index contributed by atoms with van der Waals surface area (Å²) < 4.78 is 23.4. The molecule has 3 atom stereocenters. The number of phosphoric acid groups is 1. The lowest BCUT2D eigenvalue weighted by atomic mass is 10.1. The predicted molar refractivity (Wildman–Crippen MR) is 226 cm³/mol. The Balaban J connectivity index is 4.54. The SMILES string of the molecule is CCCCCC/C=C/CC/C=C/[C@@H](O)[C@H](COP(=O)(O)OCC[N+](C)(C)C)NC(=O)CCC/C=C/C/C=C/C/C=C/C/C=C/CCCCCCCCC. The molecule has 0 saturated carbocycles. The second-order valence-corrected chi connectivity index (χ2v) is 16.5. The van der Waals surface area contributed by atoms with Gasteiger partial charge >= 0.3 is 7.82 Å². The van der Waals surface area contributed by atoms with Gasteiger partial charge in [-0.25, -0.2) is 4.57 Å². The molecule has 9 heteroatoms. The van der Waals surface area contributed by atoms with Crippen LogP contribution >= 0.6 is 7.82 Å². The molecule has 0 radical (unpaired) electrons. The first-order chi connectivity index (χ1) is 25.5. The number of phosphoric ester groups is 1. The van der Waals surface area contributed by atoms with E-state index in [2.05, 4.69) is 79.9 Å². The zero-order chi connectivity index (χ0) is 39.3. The topological polar surface area (TPSA) is 105 Å². The minimum absolute atomic E-state index is 0.0422. The van der Waals surface area contributed by atoms with Gasteiger partial charge in [0.25, 0.3) is 0 Å². The van der Waals surface area contributed by atoms with E-state index in [1.165, 1.54) is 77.0 Å². The first kappa shape index (κ1) is 50.9. The molecular formula is C44H80N2O6P+. The number of unbranched alkanes of at least 4 members (excludes halogenated alkanes) is 13. The van der Waals surface area contributed by atoms with Gasteiger partial charge in [-0.05, 0) is 70.6 Å². The Morgan fingerprint density at radius 3 is 1.66 bits per heavy atom. The van der Waals surface area contributed by atoms with Gasteiger partial charge in [0.15, 0.2) is 0 Å². The Kier molecular flexibility index (Phi) is 34.2. The van der Waals surface area contributed by atoms with Crippen LogP contribution in [0.1, 0.15) is 149 Å². The molecule has 0 aliphatic carbocycles. The monoisotopic (exact) mass is 764 g/mol. The molecule has 53 heavy (non-hydrogen) atoms. The quantitative estimate of drug-likeness (QED) is 0.0254. The summed E-state index contributed by atoms with van der Waals surface area (Å²) in [4.78, 5) is 23.0. The molecule has 1 unspecified atom stereocenters. The highest BCUT2D eigenvalue weighted by molar-refractivity contribution is 7.47. The van der Waals surface area contributed by atoms with Crippen LogP contribution in [0.15, 0.2) is 72.9 Å². The maximum Gasteiger partial charge on any atom is 0.472 e. The molecule has 0 aromatic rings. The van der Waals surface area contributed by atoms with Crippen molar-refractivity contribution in [2.45, 2.75) is 161 Å². The van der Waals surface area contributed by atoms with Crippen molar-refractivity contribution in [1.29, 1.82) is 0 Å². The van der Waals surface area contributed by atoms with Crippen LogP contribution in [0.25, 0.3) is 0 Å². The predicted octanol–water partition coefficient (Wildman–Crippen LogP) is 11.2. The van der Waals surface area contributed by atoms with E-state index in [1.807, 2.05) is 27.2 Å². The van der Waals surface area contributed by atoms with Crippen molar-refractivity contribution in [3.05, 3.63) is 72.9 Å². The third-order valence-corrected chi connectivity index (χ3v) is 9.63. The molecule has 3 N–H and O–H groups in total. The molecule has 0 aliphatic heterocycles. The fourth-order valence-corrected chi connectivity index (χ4v) is 6.02. The Hall–Kier alpha value is -2.06. The average Bonchev–Trinajstić information content (AvgIpc) is 3.10. The molecule has 0 fully saturated rings. The Morgan fingerprint density at radius 1 is 0.642 bits per heavy atom. The summed E-state index contributed by atoms with van der Waals surface area (Å²) in [5.41, 5.74) is 0. The van der Waals surface area contributed by atoms with E-state index >= 15 is 0 Å². The average molecular weight is 764 g/mol. The number of nitrogens with one attached hydrogen (secondary N) is 1. The zero-order valence-electron chi connectivity index (χ0n) is 34.5. The van der Waals surface area contributed by atoms with E-state index in [4.69, 9.17) is 9.05 Å². The summed E-state index contributed by atoms with van der Waals surface area (Å²) in [5, 5.41) is 13.7. The second kappa shape index (κ2) is 35.6. The maximum atomic E-state index is 12.8. The minimum atomic E-state index is -4.36. The van der Waals surface area contributed by atoms with Crippen LogP contribution in [0.5, 0.6) is 0 Å². The zero-order valence-corrected chi connectivity index (χ0v) is 35.4. The number of hydrogen-bond acceptors (Lipinski definition) is 5. The van der Waals surface area contributed by atoms with E-state index in [1.54, 1.807) is 6.08 Å². The van der Waals surface area contributed by atoms with Crippen molar-refractivity contribution in [1.82, 2.24) is 5.32 Å². The number of allylic oxidation sites excluding steroid dienone is 11. The Labute approximate surface area is 325 Å². The van der Waals surface area contributed by atoms with E-state index in [0.29, 0.717) is 17.4 Å². The van der Waals surface area contributed by atoms with Gasteiger partial charge in [-0.15, -0.1) is 0 Å². The van der Waals surface area contributed by atoms with Gasteiger partial charge in [-0.2, -0.15) is 0 Å². The van der Waals surface area contributed by atoms with Gasteiger partial charge in [0.05, 0.1) is 39.9 Å². The Morgan fingerprint density at radius 2 is 1.09 bits per heavy atom. The molecule has 0 saturated heterocycles.